The number of hydrogen-bond donors (Lipinski definition) is 1. The van der Waals surface area contributed by atoms with Crippen LogP contribution in [0, 0.1) is 11.3 Å². The summed E-state index contributed by atoms with van der Waals surface area (Å²) in [6, 6.07) is 3.25. The minimum absolute atomic E-state index is 0.0763. The molecule has 1 aromatic rings. The maximum atomic E-state index is 12.2. The van der Waals surface area contributed by atoms with Gasteiger partial charge in [0.05, 0.1) is 0 Å². The molecule has 2 rings (SSSR count). The Morgan fingerprint density at radius 1 is 1.48 bits per heavy atom. The van der Waals surface area contributed by atoms with E-state index in [0.29, 0.717) is 13.0 Å². The smallest absolute Gasteiger partial charge is 0.270 e. The van der Waals surface area contributed by atoms with Crippen molar-refractivity contribution in [2.45, 2.75) is 43.7 Å². The molecule has 1 N–H and O–H groups in total. The van der Waals surface area contributed by atoms with E-state index in [4.69, 9.17) is 10.7 Å². The summed E-state index contributed by atoms with van der Waals surface area (Å²) < 4.78 is 22.5. The lowest BCUT2D eigenvalue weighted by Gasteiger charge is -2.25. The van der Waals surface area contributed by atoms with Crippen molar-refractivity contribution in [2.75, 3.05) is 6.54 Å². The molecule has 1 fully saturated rings. The molecule has 1 aromatic heterocycles. The Morgan fingerprint density at radius 2 is 2.19 bits per heavy atom. The normalized spacial score (nSPS) is 21.4. The molecule has 1 aliphatic rings. The Kier molecular flexibility index (Phi) is 5.00. The van der Waals surface area contributed by atoms with Crippen LogP contribution < -0.4 is 5.32 Å². The van der Waals surface area contributed by atoms with Crippen LogP contribution in [0.25, 0.3) is 0 Å². The number of carbonyl (C=O) groups excluding carboxylic acids is 1. The summed E-state index contributed by atoms with van der Waals surface area (Å²) in [5.74, 6) is 0.193. The van der Waals surface area contributed by atoms with Crippen LogP contribution in [0.3, 0.4) is 0 Å². The van der Waals surface area contributed by atoms with Gasteiger partial charge < -0.3 is 5.32 Å². The van der Waals surface area contributed by atoms with Gasteiger partial charge in [-0.1, -0.05) is 20.3 Å². The van der Waals surface area contributed by atoms with E-state index in [2.05, 4.69) is 19.2 Å². The fraction of sp³-hybridized carbons (Fsp3) is 0.643. The summed E-state index contributed by atoms with van der Waals surface area (Å²) in [5.41, 5.74) is 0.0763. The Morgan fingerprint density at radius 3 is 2.71 bits per heavy atom. The van der Waals surface area contributed by atoms with Gasteiger partial charge in [-0.05, 0) is 36.8 Å². The van der Waals surface area contributed by atoms with E-state index in [9.17, 15) is 13.2 Å². The molecule has 1 heterocycles. The minimum atomic E-state index is -3.65. The van der Waals surface area contributed by atoms with Crippen LogP contribution >= 0.6 is 22.0 Å². The molecule has 0 spiro atoms. The molecule has 1 saturated carbocycles. The van der Waals surface area contributed by atoms with E-state index < -0.39 is 9.05 Å². The number of thiophene rings is 1. The van der Waals surface area contributed by atoms with Gasteiger partial charge in [-0.2, -0.15) is 0 Å². The lowest BCUT2D eigenvalue weighted by molar-refractivity contribution is -0.127. The van der Waals surface area contributed by atoms with Gasteiger partial charge in [-0.3, -0.25) is 4.79 Å². The number of carbonyl (C=O) groups is 1. The van der Waals surface area contributed by atoms with Gasteiger partial charge in [0.15, 0.2) is 0 Å². The molecule has 0 aromatic carbocycles. The maximum absolute atomic E-state index is 12.2. The van der Waals surface area contributed by atoms with Gasteiger partial charge in [-0.15, -0.1) is 11.3 Å². The third-order valence-corrected chi connectivity index (χ3v) is 7.36. The van der Waals surface area contributed by atoms with Crippen LogP contribution in [-0.2, 0) is 20.3 Å². The fourth-order valence-corrected chi connectivity index (χ4v) is 4.99. The lowest BCUT2D eigenvalue weighted by Crippen LogP contribution is -2.37. The minimum Gasteiger partial charge on any atom is -0.355 e. The monoisotopic (exact) mass is 349 g/mol. The van der Waals surface area contributed by atoms with Gasteiger partial charge in [0.25, 0.3) is 9.05 Å². The highest BCUT2D eigenvalue weighted by Crippen LogP contribution is 2.42. The molecule has 7 heteroatoms. The Hall–Kier alpha value is -0.590. The van der Waals surface area contributed by atoms with Crippen molar-refractivity contribution in [3.8, 4) is 0 Å². The number of rotatable bonds is 5. The molecule has 4 nitrogen and oxygen atoms in total. The molecule has 0 radical (unpaired) electrons. The molecule has 1 amide bonds. The predicted molar refractivity (Wildman–Crippen MR) is 85.2 cm³/mol. The first kappa shape index (κ1) is 16.8. The van der Waals surface area contributed by atoms with Gasteiger partial charge >= 0.3 is 0 Å². The van der Waals surface area contributed by atoms with Crippen molar-refractivity contribution in [2.24, 2.45) is 11.3 Å². The van der Waals surface area contributed by atoms with Crippen molar-refractivity contribution >= 4 is 37.0 Å². The summed E-state index contributed by atoms with van der Waals surface area (Å²) in [7, 11) is 1.64. The second-order valence-electron chi connectivity index (χ2n) is 6.13. The van der Waals surface area contributed by atoms with Crippen LogP contribution in [0.1, 0.15) is 38.0 Å². The van der Waals surface area contributed by atoms with Crippen molar-refractivity contribution < 1.29 is 13.2 Å². The average molecular weight is 350 g/mol. The molecule has 1 atom stereocenters. The summed E-state index contributed by atoms with van der Waals surface area (Å²) in [6.07, 6.45) is 3.77. The second kappa shape index (κ2) is 6.26. The zero-order valence-corrected chi connectivity index (χ0v) is 14.6. The Bertz CT molecular complexity index is 622. The number of amides is 1. The van der Waals surface area contributed by atoms with E-state index in [-0.39, 0.29) is 21.4 Å². The van der Waals surface area contributed by atoms with E-state index in [1.165, 1.54) is 6.07 Å². The maximum Gasteiger partial charge on any atom is 0.270 e. The third-order valence-electron chi connectivity index (χ3n) is 4.12. The van der Waals surface area contributed by atoms with Crippen molar-refractivity contribution in [1.29, 1.82) is 0 Å². The molecule has 118 valence electrons. The average Bonchev–Trinajstić information content (AvgIpc) is 2.94. The summed E-state index contributed by atoms with van der Waals surface area (Å²) in [6.45, 7) is 4.80. The number of halogens is 1. The first-order chi connectivity index (χ1) is 9.70. The predicted octanol–water partition coefficient (Wildman–Crippen LogP) is 3.16. The first-order valence-electron chi connectivity index (χ1n) is 7.01. The van der Waals surface area contributed by atoms with Crippen LogP contribution in [0.2, 0.25) is 0 Å². The molecule has 21 heavy (non-hydrogen) atoms. The standard InChI is InChI=1S/C14H20ClNO3S2/c1-14(2)8-3-4-11(14)13(17)16-9-7-10-5-6-12(20-10)21(15,18)19/h5-6,11H,3-4,7-9H2,1-2H3,(H,16,17). The van der Waals surface area contributed by atoms with Crippen LogP contribution in [0.4, 0.5) is 0 Å². The van der Waals surface area contributed by atoms with Crippen molar-refractivity contribution in [1.82, 2.24) is 5.32 Å². The van der Waals surface area contributed by atoms with E-state index in [0.717, 1.165) is 35.5 Å². The highest BCUT2D eigenvalue weighted by atomic mass is 35.7. The largest absolute Gasteiger partial charge is 0.355 e. The zero-order chi connectivity index (χ0) is 15.7. The van der Waals surface area contributed by atoms with E-state index >= 15 is 0 Å². The Balaban J connectivity index is 1.85. The summed E-state index contributed by atoms with van der Waals surface area (Å²) in [4.78, 5) is 13.1. The second-order valence-corrected chi connectivity index (χ2v) is 10.1. The topological polar surface area (TPSA) is 63.2 Å². The first-order valence-corrected chi connectivity index (χ1v) is 10.1. The molecule has 0 saturated heterocycles. The lowest BCUT2D eigenvalue weighted by atomic mass is 9.81. The molecular formula is C14H20ClNO3S2. The zero-order valence-electron chi connectivity index (χ0n) is 12.2. The summed E-state index contributed by atoms with van der Waals surface area (Å²) >= 11 is 1.15. The summed E-state index contributed by atoms with van der Waals surface area (Å²) in [5, 5.41) is 2.96. The van der Waals surface area contributed by atoms with E-state index in [1.807, 2.05) is 0 Å². The van der Waals surface area contributed by atoms with Gasteiger partial charge in [0.2, 0.25) is 5.91 Å². The van der Waals surface area contributed by atoms with Gasteiger partial charge in [0.1, 0.15) is 4.21 Å². The highest BCUT2D eigenvalue weighted by molar-refractivity contribution is 8.15. The quantitative estimate of drug-likeness (QED) is 0.830. The van der Waals surface area contributed by atoms with Crippen LogP contribution in [-0.4, -0.2) is 20.9 Å². The number of nitrogens with one attached hydrogen (secondary N) is 1. The molecule has 0 aliphatic heterocycles. The highest BCUT2D eigenvalue weighted by Gasteiger charge is 2.38. The molecule has 0 bridgehead atoms. The van der Waals surface area contributed by atoms with Crippen molar-refractivity contribution in [3.05, 3.63) is 17.0 Å². The fourth-order valence-electron chi connectivity index (χ4n) is 2.87. The Labute approximate surface area is 134 Å². The van der Waals surface area contributed by atoms with Crippen LogP contribution in [0.15, 0.2) is 16.3 Å². The third kappa shape index (κ3) is 4.20. The molecule has 1 unspecified atom stereocenters. The van der Waals surface area contributed by atoms with Crippen molar-refractivity contribution in [3.63, 3.8) is 0 Å². The van der Waals surface area contributed by atoms with E-state index in [1.54, 1.807) is 6.07 Å². The SMILES string of the molecule is CC1(C)CCCC1C(=O)NCCc1ccc(S(=O)(=O)Cl)s1. The molecular weight excluding hydrogens is 330 g/mol. The number of hydrogen-bond acceptors (Lipinski definition) is 4. The van der Waals surface area contributed by atoms with Gasteiger partial charge in [-0.25, -0.2) is 8.42 Å². The molecule has 1 aliphatic carbocycles. The van der Waals surface area contributed by atoms with Crippen LogP contribution in [0.5, 0.6) is 0 Å². The van der Waals surface area contributed by atoms with Gasteiger partial charge in [0, 0.05) is 28.0 Å².